The van der Waals surface area contributed by atoms with E-state index in [4.69, 9.17) is 4.74 Å². The summed E-state index contributed by atoms with van der Waals surface area (Å²) in [5, 5.41) is 2.99. The van der Waals surface area contributed by atoms with Crippen LogP contribution in [0.1, 0.15) is 23.1 Å². The third-order valence-corrected chi connectivity index (χ3v) is 4.62. The van der Waals surface area contributed by atoms with Gasteiger partial charge in [0.25, 0.3) is 0 Å². The Labute approximate surface area is 154 Å². The second-order valence-electron chi connectivity index (χ2n) is 6.56. The van der Waals surface area contributed by atoms with Gasteiger partial charge in [0, 0.05) is 32.6 Å². The van der Waals surface area contributed by atoms with E-state index < -0.39 is 0 Å². The summed E-state index contributed by atoms with van der Waals surface area (Å²) in [7, 11) is 0. The fourth-order valence-electron chi connectivity index (χ4n) is 3.12. The number of hydrogen-bond donors (Lipinski definition) is 1. The third kappa shape index (κ3) is 5.64. The smallest absolute Gasteiger partial charge is 0.220 e. The highest BCUT2D eigenvalue weighted by molar-refractivity contribution is 5.76. The largest absolute Gasteiger partial charge is 0.379 e. The van der Waals surface area contributed by atoms with Crippen molar-refractivity contribution < 1.29 is 13.9 Å². The van der Waals surface area contributed by atoms with Crippen molar-refractivity contribution >= 4 is 5.91 Å². The molecule has 5 heteroatoms. The van der Waals surface area contributed by atoms with Gasteiger partial charge in [-0.3, -0.25) is 9.69 Å². The number of benzene rings is 2. The summed E-state index contributed by atoms with van der Waals surface area (Å²) in [5.41, 5.74) is 3.21. The molecular weight excluding hydrogens is 331 g/mol. The molecule has 0 aliphatic carbocycles. The number of ether oxygens (including phenoxy) is 1. The average Bonchev–Trinajstić information content (AvgIpc) is 2.66. The zero-order valence-corrected chi connectivity index (χ0v) is 14.9. The van der Waals surface area contributed by atoms with Crippen LogP contribution in [0.2, 0.25) is 0 Å². The number of halogens is 1. The van der Waals surface area contributed by atoms with Crippen LogP contribution in [0, 0.1) is 5.82 Å². The summed E-state index contributed by atoms with van der Waals surface area (Å²) >= 11 is 0. The Morgan fingerprint density at radius 3 is 2.62 bits per heavy atom. The van der Waals surface area contributed by atoms with Crippen molar-refractivity contribution in [1.82, 2.24) is 10.2 Å². The molecule has 1 heterocycles. The Balaban J connectivity index is 1.50. The molecule has 2 aromatic rings. The number of aryl methyl sites for hydroxylation is 1. The van der Waals surface area contributed by atoms with Gasteiger partial charge in [0.05, 0.1) is 13.2 Å². The maximum atomic E-state index is 13.2. The monoisotopic (exact) mass is 356 g/mol. The van der Waals surface area contributed by atoms with Gasteiger partial charge in [-0.2, -0.15) is 0 Å². The predicted molar refractivity (Wildman–Crippen MR) is 99.1 cm³/mol. The summed E-state index contributed by atoms with van der Waals surface area (Å²) in [4.78, 5) is 14.5. The minimum Gasteiger partial charge on any atom is -0.379 e. The number of amides is 1. The molecule has 138 valence electrons. The predicted octanol–water partition coefficient (Wildman–Crippen LogP) is 2.91. The van der Waals surface area contributed by atoms with Crippen LogP contribution in [0.4, 0.5) is 4.39 Å². The van der Waals surface area contributed by atoms with E-state index in [1.165, 1.54) is 17.7 Å². The van der Waals surface area contributed by atoms with Gasteiger partial charge in [0.15, 0.2) is 0 Å². The molecule has 1 N–H and O–H groups in total. The van der Waals surface area contributed by atoms with Crippen molar-refractivity contribution in [1.29, 1.82) is 0 Å². The van der Waals surface area contributed by atoms with Crippen molar-refractivity contribution in [2.75, 3.05) is 26.3 Å². The first-order valence-corrected chi connectivity index (χ1v) is 9.09. The topological polar surface area (TPSA) is 41.6 Å². The quantitative estimate of drug-likeness (QED) is 0.829. The summed E-state index contributed by atoms with van der Waals surface area (Å²) in [6.45, 7) is 4.82. The van der Waals surface area contributed by atoms with Crippen molar-refractivity contribution in [2.45, 2.75) is 25.9 Å². The molecule has 1 saturated heterocycles. The molecule has 0 atom stereocenters. The fraction of sp³-hybridized carbons (Fsp3) is 0.381. The molecule has 4 nitrogen and oxygen atoms in total. The summed E-state index contributed by atoms with van der Waals surface area (Å²) in [5.74, 6) is -0.282. The van der Waals surface area contributed by atoms with Crippen LogP contribution in [0.15, 0.2) is 48.5 Å². The molecular formula is C21H25FN2O2. The van der Waals surface area contributed by atoms with E-state index in [1.54, 1.807) is 6.07 Å². The van der Waals surface area contributed by atoms with Gasteiger partial charge < -0.3 is 10.1 Å². The first kappa shape index (κ1) is 18.5. The molecule has 26 heavy (non-hydrogen) atoms. The minimum atomic E-state index is -0.264. The van der Waals surface area contributed by atoms with Gasteiger partial charge in [0.2, 0.25) is 5.91 Å². The number of hydrogen-bond acceptors (Lipinski definition) is 3. The van der Waals surface area contributed by atoms with Gasteiger partial charge in [-0.1, -0.05) is 36.4 Å². The molecule has 1 aliphatic heterocycles. The normalized spacial score (nSPS) is 15.0. The highest BCUT2D eigenvalue weighted by atomic mass is 19.1. The van der Waals surface area contributed by atoms with Crippen LogP contribution in [-0.4, -0.2) is 37.1 Å². The lowest BCUT2D eigenvalue weighted by Crippen LogP contribution is -2.36. The molecule has 3 rings (SSSR count). The number of carbonyl (C=O) groups is 1. The lowest BCUT2D eigenvalue weighted by atomic mass is 10.1. The zero-order valence-electron chi connectivity index (χ0n) is 14.9. The lowest BCUT2D eigenvalue weighted by Gasteiger charge is -2.27. The van der Waals surface area contributed by atoms with E-state index >= 15 is 0 Å². The van der Waals surface area contributed by atoms with E-state index in [0.717, 1.165) is 44.0 Å². The molecule has 2 aromatic carbocycles. The number of rotatable bonds is 7. The van der Waals surface area contributed by atoms with E-state index in [0.29, 0.717) is 19.4 Å². The second kappa shape index (κ2) is 9.46. The van der Waals surface area contributed by atoms with Gasteiger partial charge in [0.1, 0.15) is 5.82 Å². The van der Waals surface area contributed by atoms with Crippen LogP contribution >= 0.6 is 0 Å². The minimum absolute atomic E-state index is 0.0181. The highest BCUT2D eigenvalue weighted by Crippen LogP contribution is 2.13. The zero-order chi connectivity index (χ0) is 18.2. The molecule has 1 aliphatic rings. The third-order valence-electron chi connectivity index (χ3n) is 4.62. The average molecular weight is 356 g/mol. The summed E-state index contributed by atoms with van der Waals surface area (Å²) in [6, 6.07) is 14.6. The van der Waals surface area contributed by atoms with E-state index in [1.807, 2.05) is 18.2 Å². The van der Waals surface area contributed by atoms with Crippen molar-refractivity contribution in [3.63, 3.8) is 0 Å². The molecule has 0 spiro atoms. The van der Waals surface area contributed by atoms with Crippen LogP contribution < -0.4 is 5.32 Å². The van der Waals surface area contributed by atoms with Gasteiger partial charge in [-0.05, 0) is 35.2 Å². The van der Waals surface area contributed by atoms with E-state index in [9.17, 15) is 9.18 Å². The molecule has 0 aromatic heterocycles. The lowest BCUT2D eigenvalue weighted by molar-refractivity contribution is -0.121. The second-order valence-corrected chi connectivity index (χ2v) is 6.56. The van der Waals surface area contributed by atoms with Crippen molar-refractivity contribution in [2.24, 2.45) is 0 Å². The first-order valence-electron chi connectivity index (χ1n) is 9.09. The fourth-order valence-corrected chi connectivity index (χ4v) is 3.12. The highest BCUT2D eigenvalue weighted by Gasteiger charge is 2.13. The molecule has 1 amide bonds. The van der Waals surface area contributed by atoms with Crippen LogP contribution in [0.5, 0.6) is 0 Å². The maximum absolute atomic E-state index is 13.2. The Hall–Kier alpha value is -2.24. The Bertz CT molecular complexity index is 729. The van der Waals surface area contributed by atoms with Crippen LogP contribution in [0.3, 0.4) is 0 Å². The summed E-state index contributed by atoms with van der Waals surface area (Å²) in [6.07, 6.45) is 0.897. The number of carbonyl (C=O) groups excluding carboxylic acids is 1. The molecule has 0 saturated carbocycles. The molecule has 0 bridgehead atoms. The Morgan fingerprint density at radius 2 is 1.85 bits per heavy atom. The molecule has 0 unspecified atom stereocenters. The van der Waals surface area contributed by atoms with Gasteiger partial charge >= 0.3 is 0 Å². The Kier molecular flexibility index (Phi) is 6.75. The molecule has 1 fully saturated rings. The Morgan fingerprint density at radius 1 is 1.08 bits per heavy atom. The SMILES string of the molecule is O=C(CCc1cccc(F)c1)NCc1ccccc1CN1CCOCC1. The number of nitrogens with zero attached hydrogens (tertiary/aromatic N) is 1. The first-order chi connectivity index (χ1) is 12.7. The van der Waals surface area contributed by atoms with Gasteiger partial charge in [-0.15, -0.1) is 0 Å². The standard InChI is InChI=1S/C21H25FN2O2/c22-20-7-3-4-17(14-20)8-9-21(25)23-15-18-5-1-2-6-19(18)16-24-10-12-26-13-11-24/h1-7,14H,8-13,15-16H2,(H,23,25). The van der Waals surface area contributed by atoms with Gasteiger partial charge in [-0.25, -0.2) is 4.39 Å². The van der Waals surface area contributed by atoms with E-state index in [-0.39, 0.29) is 11.7 Å². The number of morpholine rings is 1. The van der Waals surface area contributed by atoms with E-state index in [2.05, 4.69) is 22.3 Å². The van der Waals surface area contributed by atoms with Crippen molar-refractivity contribution in [3.05, 3.63) is 71.0 Å². The van der Waals surface area contributed by atoms with Crippen LogP contribution in [0.25, 0.3) is 0 Å². The summed E-state index contributed by atoms with van der Waals surface area (Å²) < 4.78 is 18.6. The number of nitrogens with one attached hydrogen (secondary N) is 1. The van der Waals surface area contributed by atoms with Crippen LogP contribution in [-0.2, 0) is 29.0 Å². The maximum Gasteiger partial charge on any atom is 0.220 e. The van der Waals surface area contributed by atoms with Crippen molar-refractivity contribution in [3.8, 4) is 0 Å². The molecule has 0 radical (unpaired) electrons.